The van der Waals surface area contributed by atoms with Crippen LogP contribution in [0.25, 0.3) is 11.5 Å². The van der Waals surface area contributed by atoms with Crippen molar-refractivity contribution in [1.82, 2.24) is 29.6 Å². The van der Waals surface area contributed by atoms with Crippen molar-refractivity contribution in [1.29, 1.82) is 0 Å². The van der Waals surface area contributed by atoms with Gasteiger partial charge in [-0.3, -0.25) is 14.6 Å². The van der Waals surface area contributed by atoms with Crippen LogP contribution >= 0.6 is 0 Å². The fraction of sp³-hybridized carbons (Fsp3) is 0.368. The standard InChI is InChI=1S/C19H22N6O/c1-2-6-20-18(5-1)19-21-11-16(12-22-19)13-24-8-4-10-26-17(14-24)15-25-9-3-7-23-25/h1-3,5-7,9,11-12,17H,4,8,10,13-15H2/t17-/m0/s1. The summed E-state index contributed by atoms with van der Waals surface area (Å²) in [6, 6.07) is 7.69. The SMILES string of the molecule is c1ccc(-c2ncc(CN3CCCO[C@H](Cn4cccn4)C3)cn2)nc1. The molecule has 4 heterocycles. The van der Waals surface area contributed by atoms with Gasteiger partial charge in [0, 0.05) is 62.8 Å². The minimum absolute atomic E-state index is 0.145. The van der Waals surface area contributed by atoms with Crippen LogP contribution in [0.1, 0.15) is 12.0 Å². The van der Waals surface area contributed by atoms with Crippen molar-refractivity contribution in [2.75, 3.05) is 19.7 Å². The summed E-state index contributed by atoms with van der Waals surface area (Å²) in [5.41, 5.74) is 1.89. The van der Waals surface area contributed by atoms with Gasteiger partial charge in [-0.1, -0.05) is 6.07 Å². The van der Waals surface area contributed by atoms with Gasteiger partial charge in [-0.25, -0.2) is 9.97 Å². The van der Waals surface area contributed by atoms with Crippen molar-refractivity contribution >= 4 is 0 Å². The van der Waals surface area contributed by atoms with E-state index in [1.807, 2.05) is 47.5 Å². The lowest BCUT2D eigenvalue weighted by Gasteiger charge is -2.23. The van der Waals surface area contributed by atoms with Crippen LogP contribution in [0.3, 0.4) is 0 Å². The number of rotatable bonds is 5. The second-order valence-electron chi connectivity index (χ2n) is 6.44. The molecule has 1 aliphatic heterocycles. The molecule has 0 aliphatic carbocycles. The molecule has 0 N–H and O–H groups in total. The normalized spacial score (nSPS) is 18.5. The van der Waals surface area contributed by atoms with Crippen LogP contribution in [0, 0.1) is 0 Å². The zero-order chi connectivity index (χ0) is 17.6. The highest BCUT2D eigenvalue weighted by Crippen LogP contribution is 2.14. The van der Waals surface area contributed by atoms with Gasteiger partial charge in [-0.05, 0) is 24.6 Å². The van der Waals surface area contributed by atoms with Gasteiger partial charge in [0.1, 0.15) is 5.69 Å². The number of hydrogen-bond donors (Lipinski definition) is 0. The lowest BCUT2D eigenvalue weighted by molar-refractivity contribution is 0.0391. The Bertz CT molecular complexity index is 791. The van der Waals surface area contributed by atoms with Crippen molar-refractivity contribution in [3.63, 3.8) is 0 Å². The summed E-state index contributed by atoms with van der Waals surface area (Å²) in [5, 5.41) is 4.28. The summed E-state index contributed by atoms with van der Waals surface area (Å²) in [7, 11) is 0. The first-order valence-corrected chi connectivity index (χ1v) is 8.90. The second kappa shape index (κ2) is 8.16. The highest BCUT2D eigenvalue weighted by atomic mass is 16.5. The molecular weight excluding hydrogens is 328 g/mol. The maximum atomic E-state index is 5.98. The molecule has 0 unspecified atom stereocenters. The van der Waals surface area contributed by atoms with Gasteiger partial charge in [0.25, 0.3) is 0 Å². The van der Waals surface area contributed by atoms with Crippen molar-refractivity contribution in [3.05, 3.63) is 60.8 Å². The van der Waals surface area contributed by atoms with Crippen LogP contribution in [0.2, 0.25) is 0 Å². The fourth-order valence-corrected chi connectivity index (χ4v) is 3.16. The summed E-state index contributed by atoms with van der Waals surface area (Å²) in [4.78, 5) is 15.6. The van der Waals surface area contributed by atoms with Crippen molar-refractivity contribution in [3.8, 4) is 11.5 Å². The monoisotopic (exact) mass is 350 g/mol. The Morgan fingerprint density at radius 1 is 1.08 bits per heavy atom. The first-order chi connectivity index (χ1) is 12.9. The van der Waals surface area contributed by atoms with Crippen LogP contribution in [-0.2, 0) is 17.8 Å². The van der Waals surface area contributed by atoms with E-state index in [0.29, 0.717) is 5.82 Å². The lowest BCUT2D eigenvalue weighted by Crippen LogP contribution is -2.34. The smallest absolute Gasteiger partial charge is 0.178 e. The molecule has 3 aromatic heterocycles. The molecule has 1 aliphatic rings. The summed E-state index contributed by atoms with van der Waals surface area (Å²) in [5.74, 6) is 0.658. The minimum Gasteiger partial charge on any atom is -0.375 e. The van der Waals surface area contributed by atoms with Crippen LogP contribution in [0.4, 0.5) is 0 Å². The van der Waals surface area contributed by atoms with Crippen LogP contribution < -0.4 is 0 Å². The predicted octanol–water partition coefficient (Wildman–Crippen LogP) is 2.03. The topological polar surface area (TPSA) is 69.0 Å². The van der Waals surface area contributed by atoms with Crippen molar-refractivity contribution in [2.45, 2.75) is 25.6 Å². The Kier molecular flexibility index (Phi) is 5.27. The van der Waals surface area contributed by atoms with Crippen molar-refractivity contribution < 1.29 is 4.74 Å². The lowest BCUT2D eigenvalue weighted by atomic mass is 10.2. The van der Waals surface area contributed by atoms with E-state index in [-0.39, 0.29) is 6.10 Å². The third-order valence-electron chi connectivity index (χ3n) is 4.39. The molecule has 0 radical (unpaired) electrons. The fourth-order valence-electron chi connectivity index (χ4n) is 3.16. The Hall–Kier alpha value is -2.64. The highest BCUT2D eigenvalue weighted by Gasteiger charge is 2.19. The molecule has 3 aromatic rings. The first kappa shape index (κ1) is 16.8. The molecule has 0 aromatic carbocycles. The van der Waals surface area contributed by atoms with E-state index in [1.54, 1.807) is 12.4 Å². The van der Waals surface area contributed by atoms with E-state index in [2.05, 4.69) is 25.0 Å². The number of pyridine rings is 1. The number of hydrogen-bond acceptors (Lipinski definition) is 6. The van der Waals surface area contributed by atoms with Gasteiger partial charge in [0.15, 0.2) is 5.82 Å². The summed E-state index contributed by atoms with van der Waals surface area (Å²) < 4.78 is 7.91. The van der Waals surface area contributed by atoms with Gasteiger partial charge in [0.2, 0.25) is 0 Å². The Labute approximate surface area is 152 Å². The number of nitrogens with zero attached hydrogens (tertiary/aromatic N) is 6. The third-order valence-corrected chi connectivity index (χ3v) is 4.39. The van der Waals surface area contributed by atoms with E-state index < -0.39 is 0 Å². The third kappa shape index (κ3) is 4.30. The van der Waals surface area contributed by atoms with E-state index in [9.17, 15) is 0 Å². The maximum Gasteiger partial charge on any atom is 0.178 e. The summed E-state index contributed by atoms with van der Waals surface area (Å²) >= 11 is 0. The van der Waals surface area contributed by atoms with Gasteiger partial charge in [-0.2, -0.15) is 5.10 Å². The summed E-state index contributed by atoms with van der Waals surface area (Å²) in [6.07, 6.45) is 10.5. The quantitative estimate of drug-likeness (QED) is 0.701. The molecule has 0 bridgehead atoms. The molecule has 134 valence electrons. The van der Waals surface area contributed by atoms with E-state index >= 15 is 0 Å². The molecule has 0 spiro atoms. The molecule has 7 heteroatoms. The Morgan fingerprint density at radius 3 is 2.77 bits per heavy atom. The average molecular weight is 350 g/mol. The van der Waals surface area contributed by atoms with Crippen LogP contribution in [0.15, 0.2) is 55.2 Å². The van der Waals surface area contributed by atoms with E-state index in [0.717, 1.165) is 50.5 Å². The zero-order valence-corrected chi connectivity index (χ0v) is 14.6. The number of aromatic nitrogens is 5. The first-order valence-electron chi connectivity index (χ1n) is 8.90. The molecule has 1 saturated heterocycles. The Balaban J connectivity index is 1.39. The molecule has 26 heavy (non-hydrogen) atoms. The molecule has 1 atom stereocenters. The van der Waals surface area contributed by atoms with Crippen LogP contribution in [0.5, 0.6) is 0 Å². The van der Waals surface area contributed by atoms with E-state index in [4.69, 9.17) is 4.74 Å². The average Bonchev–Trinajstić information content (AvgIpc) is 3.09. The molecule has 0 amide bonds. The van der Waals surface area contributed by atoms with Gasteiger partial charge in [-0.15, -0.1) is 0 Å². The maximum absolute atomic E-state index is 5.98. The van der Waals surface area contributed by atoms with Crippen LogP contribution in [-0.4, -0.2) is 55.4 Å². The molecule has 1 fully saturated rings. The molecule has 4 rings (SSSR count). The summed E-state index contributed by atoms with van der Waals surface area (Å²) in [6.45, 7) is 4.27. The molecular formula is C19H22N6O. The highest BCUT2D eigenvalue weighted by molar-refractivity contribution is 5.47. The zero-order valence-electron chi connectivity index (χ0n) is 14.6. The van der Waals surface area contributed by atoms with Gasteiger partial charge >= 0.3 is 0 Å². The molecule has 7 nitrogen and oxygen atoms in total. The van der Waals surface area contributed by atoms with Gasteiger partial charge in [0.05, 0.1) is 12.6 Å². The molecule has 0 saturated carbocycles. The van der Waals surface area contributed by atoms with E-state index in [1.165, 1.54) is 0 Å². The second-order valence-corrected chi connectivity index (χ2v) is 6.44. The predicted molar refractivity (Wildman–Crippen MR) is 97.1 cm³/mol. The van der Waals surface area contributed by atoms with Gasteiger partial charge < -0.3 is 4.74 Å². The van der Waals surface area contributed by atoms with Crippen molar-refractivity contribution in [2.24, 2.45) is 0 Å². The Morgan fingerprint density at radius 2 is 2.00 bits per heavy atom. The number of ether oxygens (including phenoxy) is 1. The minimum atomic E-state index is 0.145. The largest absolute Gasteiger partial charge is 0.375 e.